The van der Waals surface area contributed by atoms with Crippen LogP contribution in [0.2, 0.25) is 5.02 Å². The molecule has 2 aromatic rings. The molecule has 2 aromatic carbocycles. The number of hydrogen-bond donors (Lipinski definition) is 2. The predicted molar refractivity (Wildman–Crippen MR) is 86.4 cm³/mol. The van der Waals surface area contributed by atoms with Gasteiger partial charge in [0.15, 0.2) is 0 Å². The van der Waals surface area contributed by atoms with Crippen molar-refractivity contribution in [3.8, 4) is 5.75 Å². The maximum Gasteiger partial charge on any atom is 0.269 e. The Kier molecular flexibility index (Phi) is 3.94. The van der Waals surface area contributed by atoms with E-state index in [9.17, 15) is 23.1 Å². The van der Waals surface area contributed by atoms with E-state index in [1.165, 1.54) is 30.3 Å². The van der Waals surface area contributed by atoms with Gasteiger partial charge in [0.2, 0.25) is 5.91 Å². The number of carbonyl (C=O) groups excluding carboxylic acids is 2. The molecular formula is C15H11ClN2O5S. The number of hydrogen-bond acceptors (Lipinski definition) is 5. The molecule has 0 fully saturated rings. The zero-order chi connectivity index (χ0) is 17.5. The first-order valence-corrected chi connectivity index (χ1v) is 8.57. The number of carbonyl (C=O) groups is 2. The van der Waals surface area contributed by atoms with Gasteiger partial charge in [-0.05, 0) is 24.3 Å². The van der Waals surface area contributed by atoms with Crippen molar-refractivity contribution in [1.29, 1.82) is 0 Å². The molecule has 0 aromatic heterocycles. The summed E-state index contributed by atoms with van der Waals surface area (Å²) >= 11 is 5.88. The SMILES string of the molecule is O=C(CN1C(=O)c2cccc(Cl)c2S1(=O)=O)Nc1ccccc1O. The second-order valence-corrected chi connectivity index (χ2v) is 7.21. The number of amides is 2. The Hall–Kier alpha value is -2.58. The number of nitrogens with zero attached hydrogens (tertiary/aromatic N) is 1. The van der Waals surface area contributed by atoms with Crippen molar-refractivity contribution in [3.63, 3.8) is 0 Å². The highest BCUT2D eigenvalue weighted by molar-refractivity contribution is 7.90. The number of sulfonamides is 1. The summed E-state index contributed by atoms with van der Waals surface area (Å²) in [4.78, 5) is 24.1. The van der Waals surface area contributed by atoms with E-state index in [2.05, 4.69) is 5.32 Å². The second-order valence-electron chi connectivity index (χ2n) is 5.00. The van der Waals surface area contributed by atoms with Crippen LogP contribution in [0.1, 0.15) is 10.4 Å². The third-order valence-corrected chi connectivity index (χ3v) is 5.70. The lowest BCUT2D eigenvalue weighted by molar-refractivity contribution is -0.116. The highest BCUT2D eigenvalue weighted by Crippen LogP contribution is 2.35. The Morgan fingerprint density at radius 3 is 2.54 bits per heavy atom. The van der Waals surface area contributed by atoms with Gasteiger partial charge in [-0.1, -0.05) is 29.8 Å². The number of aromatic hydroxyl groups is 1. The van der Waals surface area contributed by atoms with E-state index < -0.39 is 28.4 Å². The summed E-state index contributed by atoms with van der Waals surface area (Å²) in [7, 11) is -4.20. The third-order valence-electron chi connectivity index (χ3n) is 3.44. The van der Waals surface area contributed by atoms with Crippen LogP contribution in [0.25, 0.3) is 0 Å². The van der Waals surface area contributed by atoms with Crippen molar-refractivity contribution >= 4 is 39.1 Å². The second kappa shape index (κ2) is 5.81. The van der Waals surface area contributed by atoms with Crippen molar-refractivity contribution in [2.24, 2.45) is 0 Å². The summed E-state index contributed by atoms with van der Waals surface area (Å²) in [6.07, 6.45) is 0. The van der Waals surface area contributed by atoms with E-state index in [4.69, 9.17) is 11.6 Å². The van der Waals surface area contributed by atoms with Crippen LogP contribution in [-0.2, 0) is 14.8 Å². The van der Waals surface area contributed by atoms with Gasteiger partial charge in [0.05, 0.1) is 16.3 Å². The van der Waals surface area contributed by atoms with Gasteiger partial charge in [-0.2, -0.15) is 0 Å². The minimum atomic E-state index is -4.20. The molecule has 1 aliphatic rings. The van der Waals surface area contributed by atoms with Crippen molar-refractivity contribution in [1.82, 2.24) is 4.31 Å². The molecule has 0 bridgehead atoms. The van der Waals surface area contributed by atoms with Crippen molar-refractivity contribution in [3.05, 3.63) is 53.1 Å². The Balaban J connectivity index is 1.87. The molecule has 2 N–H and O–H groups in total. The molecule has 0 radical (unpaired) electrons. The van der Waals surface area contributed by atoms with Gasteiger partial charge in [0.1, 0.15) is 17.2 Å². The zero-order valence-corrected chi connectivity index (χ0v) is 13.6. The van der Waals surface area contributed by atoms with Crippen LogP contribution < -0.4 is 5.32 Å². The smallest absolute Gasteiger partial charge is 0.269 e. The molecule has 0 atom stereocenters. The molecule has 2 amide bonds. The van der Waals surface area contributed by atoms with Gasteiger partial charge in [-0.25, -0.2) is 12.7 Å². The first kappa shape index (κ1) is 16.3. The van der Waals surface area contributed by atoms with E-state index in [1.807, 2.05) is 0 Å². The molecule has 0 saturated carbocycles. The minimum absolute atomic E-state index is 0.0714. The summed E-state index contributed by atoms with van der Waals surface area (Å²) in [6, 6.07) is 10.1. The minimum Gasteiger partial charge on any atom is -0.506 e. The van der Waals surface area contributed by atoms with Gasteiger partial charge < -0.3 is 10.4 Å². The number of benzene rings is 2. The number of anilines is 1. The average molecular weight is 367 g/mol. The number of halogens is 1. The Bertz CT molecular complexity index is 958. The van der Waals surface area contributed by atoms with E-state index in [0.717, 1.165) is 0 Å². The van der Waals surface area contributed by atoms with Crippen LogP contribution in [0.5, 0.6) is 5.75 Å². The lowest BCUT2D eigenvalue weighted by Crippen LogP contribution is -2.37. The van der Waals surface area contributed by atoms with E-state index in [1.54, 1.807) is 12.1 Å². The van der Waals surface area contributed by atoms with Crippen molar-refractivity contribution < 1.29 is 23.1 Å². The molecule has 0 saturated heterocycles. The van der Waals surface area contributed by atoms with Crippen LogP contribution in [0.15, 0.2) is 47.4 Å². The number of nitrogens with one attached hydrogen (secondary N) is 1. The van der Waals surface area contributed by atoms with Gasteiger partial charge in [0.25, 0.3) is 15.9 Å². The summed E-state index contributed by atoms with van der Waals surface area (Å²) < 4.78 is 25.4. The lowest BCUT2D eigenvalue weighted by atomic mass is 10.2. The monoisotopic (exact) mass is 366 g/mol. The highest BCUT2D eigenvalue weighted by Gasteiger charge is 2.43. The number of phenols is 1. The number of fused-ring (bicyclic) bond motifs is 1. The number of para-hydroxylation sites is 2. The maximum absolute atomic E-state index is 12.5. The fraction of sp³-hybridized carbons (Fsp3) is 0.0667. The molecule has 1 aliphatic heterocycles. The number of rotatable bonds is 3. The fourth-order valence-corrected chi connectivity index (χ4v) is 4.39. The Labute approximate surface area is 142 Å². The third kappa shape index (κ3) is 2.59. The average Bonchev–Trinajstić information content (AvgIpc) is 2.71. The normalized spacial score (nSPS) is 15.2. The van der Waals surface area contributed by atoms with Gasteiger partial charge in [0, 0.05) is 0 Å². The van der Waals surface area contributed by atoms with Gasteiger partial charge in [-0.3, -0.25) is 9.59 Å². The molecule has 1 heterocycles. The van der Waals surface area contributed by atoms with E-state index in [-0.39, 0.29) is 26.9 Å². The molecule has 24 heavy (non-hydrogen) atoms. The van der Waals surface area contributed by atoms with E-state index in [0.29, 0.717) is 4.31 Å². The summed E-state index contributed by atoms with van der Waals surface area (Å²) in [5.74, 6) is -1.76. The fourth-order valence-electron chi connectivity index (χ4n) is 2.35. The summed E-state index contributed by atoms with van der Waals surface area (Å²) in [5, 5.41) is 11.9. The van der Waals surface area contributed by atoms with Crippen LogP contribution in [0.4, 0.5) is 5.69 Å². The van der Waals surface area contributed by atoms with Crippen molar-refractivity contribution in [2.45, 2.75) is 4.90 Å². The zero-order valence-electron chi connectivity index (χ0n) is 12.1. The maximum atomic E-state index is 12.5. The van der Waals surface area contributed by atoms with E-state index >= 15 is 0 Å². The quantitative estimate of drug-likeness (QED) is 0.806. The molecule has 9 heteroatoms. The summed E-state index contributed by atoms with van der Waals surface area (Å²) in [6.45, 7) is -0.722. The van der Waals surface area contributed by atoms with Gasteiger partial charge >= 0.3 is 0 Å². The molecule has 124 valence electrons. The molecule has 0 aliphatic carbocycles. The predicted octanol–water partition coefficient (Wildman–Crippen LogP) is 1.83. The number of phenolic OH excluding ortho intramolecular Hbond substituents is 1. The highest BCUT2D eigenvalue weighted by atomic mass is 35.5. The summed E-state index contributed by atoms with van der Waals surface area (Å²) in [5.41, 5.74) is 0.0416. The van der Waals surface area contributed by atoms with Crippen molar-refractivity contribution in [2.75, 3.05) is 11.9 Å². The molecule has 0 unspecified atom stereocenters. The van der Waals surface area contributed by atoms with Crippen LogP contribution in [-0.4, -0.2) is 36.2 Å². The molecule has 0 spiro atoms. The molecule has 3 rings (SSSR count). The first-order chi connectivity index (χ1) is 11.3. The lowest BCUT2D eigenvalue weighted by Gasteiger charge is -2.15. The Morgan fingerprint density at radius 1 is 1.17 bits per heavy atom. The largest absolute Gasteiger partial charge is 0.506 e. The topological polar surface area (TPSA) is 104 Å². The van der Waals surface area contributed by atoms with Crippen LogP contribution in [0, 0.1) is 0 Å². The standard InChI is InChI=1S/C15H11ClN2O5S/c16-10-5-3-4-9-14(10)24(22,23)18(15(9)21)8-13(20)17-11-6-1-2-7-12(11)19/h1-7,19H,8H2,(H,17,20). The molecular weight excluding hydrogens is 356 g/mol. The molecule has 7 nitrogen and oxygen atoms in total. The van der Waals surface area contributed by atoms with Crippen LogP contribution in [0.3, 0.4) is 0 Å². The first-order valence-electron chi connectivity index (χ1n) is 6.76. The van der Waals surface area contributed by atoms with Crippen LogP contribution >= 0.6 is 11.6 Å². The Morgan fingerprint density at radius 2 is 1.88 bits per heavy atom. The van der Waals surface area contributed by atoms with Gasteiger partial charge in [-0.15, -0.1) is 0 Å².